The molecular formula is C13H10ClF3N4. The number of rotatable bonds is 1. The van der Waals surface area contributed by atoms with Crippen molar-refractivity contribution in [2.75, 3.05) is 11.4 Å². The predicted molar refractivity (Wildman–Crippen MR) is 71.0 cm³/mol. The molecule has 1 aliphatic rings. The molecule has 21 heavy (non-hydrogen) atoms. The van der Waals surface area contributed by atoms with Gasteiger partial charge in [-0.05, 0) is 12.1 Å². The van der Waals surface area contributed by atoms with Crippen LogP contribution in [0.4, 0.5) is 19.0 Å². The Bertz CT molecular complexity index is 657. The summed E-state index contributed by atoms with van der Waals surface area (Å²) in [6.07, 6.45) is -1.47. The number of fused-ring (bicyclic) bond motifs is 1. The van der Waals surface area contributed by atoms with E-state index in [0.717, 1.165) is 23.5 Å². The fourth-order valence-electron chi connectivity index (χ4n) is 2.24. The monoisotopic (exact) mass is 314 g/mol. The number of hydrogen-bond donors (Lipinski definition) is 0. The van der Waals surface area contributed by atoms with Crippen LogP contribution in [0.3, 0.4) is 0 Å². The molecule has 0 aromatic carbocycles. The van der Waals surface area contributed by atoms with E-state index < -0.39 is 11.7 Å². The second-order valence-corrected chi connectivity index (χ2v) is 5.02. The van der Waals surface area contributed by atoms with Crippen molar-refractivity contribution in [1.29, 1.82) is 0 Å². The van der Waals surface area contributed by atoms with Gasteiger partial charge < -0.3 is 4.90 Å². The van der Waals surface area contributed by atoms with E-state index in [9.17, 15) is 13.2 Å². The van der Waals surface area contributed by atoms with Crippen LogP contribution >= 0.6 is 11.6 Å². The third-order valence-electron chi connectivity index (χ3n) is 3.35. The Morgan fingerprint density at radius 2 is 1.95 bits per heavy atom. The molecule has 0 atom stereocenters. The fraction of sp³-hybridized carbons (Fsp3) is 0.308. The highest BCUT2D eigenvalue weighted by Gasteiger charge is 2.31. The van der Waals surface area contributed by atoms with Crippen molar-refractivity contribution < 1.29 is 13.2 Å². The van der Waals surface area contributed by atoms with Gasteiger partial charge in [-0.25, -0.2) is 15.0 Å². The highest BCUT2D eigenvalue weighted by Crippen LogP contribution is 2.30. The van der Waals surface area contributed by atoms with Crippen LogP contribution in [0.1, 0.15) is 16.8 Å². The molecular weight excluding hydrogens is 305 g/mol. The van der Waals surface area contributed by atoms with Crippen LogP contribution in [0.5, 0.6) is 0 Å². The first-order chi connectivity index (χ1) is 9.95. The fourth-order valence-corrected chi connectivity index (χ4v) is 2.46. The van der Waals surface area contributed by atoms with E-state index in [0.29, 0.717) is 30.5 Å². The Morgan fingerprint density at radius 3 is 2.62 bits per heavy atom. The molecule has 0 saturated carbocycles. The van der Waals surface area contributed by atoms with E-state index in [1.807, 2.05) is 4.90 Å². The first-order valence-electron chi connectivity index (χ1n) is 6.21. The zero-order chi connectivity index (χ0) is 15.0. The van der Waals surface area contributed by atoms with Crippen molar-refractivity contribution in [3.8, 4) is 0 Å². The lowest BCUT2D eigenvalue weighted by Crippen LogP contribution is -2.32. The van der Waals surface area contributed by atoms with Gasteiger partial charge in [0, 0.05) is 31.3 Å². The van der Waals surface area contributed by atoms with Gasteiger partial charge in [0.1, 0.15) is 17.3 Å². The van der Waals surface area contributed by atoms with Gasteiger partial charge in [-0.15, -0.1) is 0 Å². The highest BCUT2D eigenvalue weighted by atomic mass is 35.5. The van der Waals surface area contributed by atoms with E-state index in [4.69, 9.17) is 11.6 Å². The summed E-state index contributed by atoms with van der Waals surface area (Å²) in [4.78, 5) is 13.8. The Balaban J connectivity index is 1.85. The van der Waals surface area contributed by atoms with Gasteiger partial charge in [0.25, 0.3) is 0 Å². The lowest BCUT2D eigenvalue weighted by Gasteiger charge is -2.29. The van der Waals surface area contributed by atoms with Gasteiger partial charge in [0.2, 0.25) is 0 Å². The molecule has 0 spiro atoms. The molecule has 2 aromatic heterocycles. The van der Waals surface area contributed by atoms with Crippen molar-refractivity contribution in [2.45, 2.75) is 19.1 Å². The highest BCUT2D eigenvalue weighted by molar-refractivity contribution is 6.30. The summed E-state index contributed by atoms with van der Waals surface area (Å²) in [6.45, 7) is 1.06. The Kier molecular flexibility index (Phi) is 3.44. The predicted octanol–water partition coefficient (Wildman–Crippen LogP) is 3.11. The molecule has 0 radical (unpaired) electrons. The van der Waals surface area contributed by atoms with Crippen molar-refractivity contribution in [1.82, 2.24) is 15.0 Å². The minimum Gasteiger partial charge on any atom is -0.352 e. The van der Waals surface area contributed by atoms with Gasteiger partial charge in [-0.2, -0.15) is 13.2 Å². The third-order valence-corrected chi connectivity index (χ3v) is 3.67. The van der Waals surface area contributed by atoms with E-state index in [2.05, 4.69) is 15.0 Å². The van der Waals surface area contributed by atoms with Gasteiger partial charge in [-0.3, -0.25) is 0 Å². The Hall–Kier alpha value is -1.89. The topological polar surface area (TPSA) is 41.9 Å². The zero-order valence-corrected chi connectivity index (χ0v) is 11.5. The maximum atomic E-state index is 12.5. The van der Waals surface area contributed by atoms with Crippen molar-refractivity contribution in [3.05, 3.63) is 46.6 Å². The first-order valence-corrected chi connectivity index (χ1v) is 6.59. The van der Waals surface area contributed by atoms with Crippen LogP contribution in [0.15, 0.2) is 24.7 Å². The average Bonchev–Trinajstić information content (AvgIpc) is 2.47. The second-order valence-electron chi connectivity index (χ2n) is 4.66. The van der Waals surface area contributed by atoms with Crippen LogP contribution in [-0.4, -0.2) is 21.5 Å². The van der Waals surface area contributed by atoms with Crippen LogP contribution in [0.2, 0.25) is 5.15 Å². The van der Waals surface area contributed by atoms with Crippen LogP contribution in [-0.2, 0) is 19.1 Å². The number of nitrogens with zero attached hydrogens (tertiary/aromatic N) is 4. The first kappa shape index (κ1) is 14.1. The molecule has 0 amide bonds. The minimum absolute atomic E-state index is 0.372. The minimum atomic E-state index is -4.38. The van der Waals surface area contributed by atoms with Gasteiger partial charge in [0.15, 0.2) is 0 Å². The summed E-state index contributed by atoms with van der Waals surface area (Å²) >= 11 is 6.03. The molecule has 3 rings (SSSR count). The molecule has 8 heteroatoms. The summed E-state index contributed by atoms with van der Waals surface area (Å²) in [7, 11) is 0. The van der Waals surface area contributed by atoms with Crippen LogP contribution in [0.25, 0.3) is 0 Å². The number of hydrogen-bond acceptors (Lipinski definition) is 4. The summed E-state index contributed by atoms with van der Waals surface area (Å²) in [5, 5.41) is 0.372. The molecule has 4 nitrogen and oxygen atoms in total. The largest absolute Gasteiger partial charge is 0.417 e. The second kappa shape index (κ2) is 5.14. The van der Waals surface area contributed by atoms with Gasteiger partial charge in [0.05, 0.1) is 11.3 Å². The SMILES string of the molecule is FC(F)(F)c1ccc(N2CCc3ncnc(Cl)c3C2)nc1. The van der Waals surface area contributed by atoms with E-state index in [-0.39, 0.29) is 0 Å². The molecule has 0 bridgehead atoms. The molecule has 1 aliphatic heterocycles. The number of aromatic nitrogens is 3. The number of anilines is 1. The molecule has 0 unspecified atom stereocenters. The molecule has 0 fully saturated rings. The lowest BCUT2D eigenvalue weighted by molar-refractivity contribution is -0.137. The van der Waals surface area contributed by atoms with Crippen LogP contribution in [0, 0.1) is 0 Å². The van der Waals surface area contributed by atoms with Gasteiger partial charge >= 0.3 is 6.18 Å². The summed E-state index contributed by atoms with van der Waals surface area (Å²) < 4.78 is 37.6. The molecule has 3 heterocycles. The standard InChI is InChI=1S/C13H10ClF3N4/c14-12-9-6-21(4-3-10(9)19-7-20-12)11-2-1-8(5-18-11)13(15,16)17/h1-2,5,7H,3-4,6H2. The Labute approximate surface area is 123 Å². The van der Waals surface area contributed by atoms with Crippen molar-refractivity contribution in [2.24, 2.45) is 0 Å². The van der Waals surface area contributed by atoms with E-state index in [1.54, 1.807) is 0 Å². The summed E-state index contributed by atoms with van der Waals surface area (Å²) in [5.41, 5.74) is 0.912. The zero-order valence-electron chi connectivity index (χ0n) is 10.7. The molecule has 2 aromatic rings. The van der Waals surface area contributed by atoms with Crippen LogP contribution < -0.4 is 4.90 Å². The molecule has 0 aliphatic carbocycles. The number of alkyl halides is 3. The number of pyridine rings is 1. The lowest BCUT2D eigenvalue weighted by atomic mass is 10.1. The normalized spacial score (nSPS) is 15.0. The maximum Gasteiger partial charge on any atom is 0.417 e. The van der Waals surface area contributed by atoms with E-state index in [1.165, 1.54) is 12.4 Å². The molecule has 0 saturated heterocycles. The van der Waals surface area contributed by atoms with Crippen molar-refractivity contribution in [3.63, 3.8) is 0 Å². The maximum absolute atomic E-state index is 12.5. The van der Waals surface area contributed by atoms with E-state index >= 15 is 0 Å². The summed E-state index contributed by atoms with van der Waals surface area (Å²) in [6, 6.07) is 2.40. The summed E-state index contributed by atoms with van der Waals surface area (Å²) in [5.74, 6) is 0.480. The molecule has 110 valence electrons. The molecule has 0 N–H and O–H groups in total. The average molecular weight is 315 g/mol. The Morgan fingerprint density at radius 1 is 1.14 bits per heavy atom. The van der Waals surface area contributed by atoms with Crippen molar-refractivity contribution >= 4 is 17.4 Å². The quantitative estimate of drug-likeness (QED) is 0.759. The van der Waals surface area contributed by atoms with Gasteiger partial charge in [-0.1, -0.05) is 11.6 Å². The smallest absolute Gasteiger partial charge is 0.352 e. The number of halogens is 4. The third kappa shape index (κ3) is 2.78.